The molecule has 0 unspecified atom stereocenters. The van der Waals surface area contributed by atoms with E-state index in [1.165, 1.54) is 18.4 Å². The molecule has 102 valence electrons. The molecule has 0 saturated carbocycles. The van der Waals surface area contributed by atoms with Crippen LogP contribution in [0.2, 0.25) is 0 Å². The van der Waals surface area contributed by atoms with Crippen LogP contribution >= 0.6 is 0 Å². The summed E-state index contributed by atoms with van der Waals surface area (Å²) in [6.45, 7) is 7.23. The first-order valence-corrected chi connectivity index (χ1v) is 7.09. The van der Waals surface area contributed by atoms with Gasteiger partial charge in [0.1, 0.15) is 11.5 Å². The van der Waals surface area contributed by atoms with Gasteiger partial charge in [0.25, 0.3) is 0 Å². The third-order valence-corrected chi connectivity index (χ3v) is 3.25. The molecule has 0 aliphatic heterocycles. The van der Waals surface area contributed by atoms with Crippen molar-refractivity contribution in [2.75, 3.05) is 6.54 Å². The maximum absolute atomic E-state index is 5.69. The van der Waals surface area contributed by atoms with Gasteiger partial charge in [0.15, 0.2) is 0 Å². The minimum atomic E-state index is 0.892. The Morgan fingerprint density at radius 2 is 1.79 bits per heavy atom. The number of nitrogens with zero attached hydrogens (tertiary/aromatic N) is 1. The summed E-state index contributed by atoms with van der Waals surface area (Å²) in [5.41, 5.74) is 1.36. The quantitative estimate of drug-likeness (QED) is 0.731. The second-order valence-corrected chi connectivity index (χ2v) is 5.06. The standard InChI is InChI=1S/C17H23NO/c1-3-4-12-18(13-16-8-6-5-7-9-16)14-17-11-10-15(2)19-17/h5-11H,3-4,12-14H2,1-2H3. The lowest BCUT2D eigenvalue weighted by atomic mass is 10.2. The zero-order valence-corrected chi connectivity index (χ0v) is 11.9. The van der Waals surface area contributed by atoms with E-state index in [0.717, 1.165) is 31.2 Å². The smallest absolute Gasteiger partial charge is 0.118 e. The zero-order valence-electron chi connectivity index (χ0n) is 11.9. The molecule has 0 aliphatic carbocycles. The highest BCUT2D eigenvalue weighted by Gasteiger charge is 2.09. The van der Waals surface area contributed by atoms with E-state index in [4.69, 9.17) is 4.42 Å². The van der Waals surface area contributed by atoms with Crippen LogP contribution in [0.5, 0.6) is 0 Å². The van der Waals surface area contributed by atoms with Gasteiger partial charge in [0, 0.05) is 6.54 Å². The Kier molecular flexibility index (Phi) is 5.22. The summed E-state index contributed by atoms with van der Waals surface area (Å²) >= 11 is 0. The maximum Gasteiger partial charge on any atom is 0.118 e. The van der Waals surface area contributed by atoms with Crippen molar-refractivity contribution < 1.29 is 4.42 Å². The Morgan fingerprint density at radius 1 is 1.00 bits per heavy atom. The van der Waals surface area contributed by atoms with Gasteiger partial charge in [-0.1, -0.05) is 43.7 Å². The molecule has 2 rings (SSSR count). The van der Waals surface area contributed by atoms with E-state index in [9.17, 15) is 0 Å². The highest BCUT2D eigenvalue weighted by Crippen LogP contribution is 2.13. The van der Waals surface area contributed by atoms with Crippen LogP contribution in [-0.4, -0.2) is 11.4 Å². The number of benzene rings is 1. The van der Waals surface area contributed by atoms with Crippen molar-refractivity contribution in [3.8, 4) is 0 Å². The molecule has 1 aromatic heterocycles. The lowest BCUT2D eigenvalue weighted by molar-refractivity contribution is 0.230. The van der Waals surface area contributed by atoms with Crippen molar-refractivity contribution in [3.63, 3.8) is 0 Å². The number of aryl methyl sites for hydroxylation is 1. The third kappa shape index (κ3) is 4.56. The summed E-state index contributed by atoms with van der Waals surface area (Å²) < 4.78 is 5.69. The second kappa shape index (κ2) is 7.15. The molecule has 0 spiro atoms. The summed E-state index contributed by atoms with van der Waals surface area (Å²) in [4.78, 5) is 2.46. The molecule has 0 aliphatic rings. The van der Waals surface area contributed by atoms with Gasteiger partial charge in [-0.2, -0.15) is 0 Å². The van der Waals surface area contributed by atoms with E-state index in [1.807, 2.05) is 13.0 Å². The lowest BCUT2D eigenvalue weighted by Crippen LogP contribution is -2.23. The van der Waals surface area contributed by atoms with E-state index < -0.39 is 0 Å². The third-order valence-electron chi connectivity index (χ3n) is 3.25. The molecular formula is C17H23NO. The fourth-order valence-electron chi connectivity index (χ4n) is 2.23. The Hall–Kier alpha value is -1.54. The van der Waals surface area contributed by atoms with Crippen LogP contribution in [0.15, 0.2) is 46.9 Å². The van der Waals surface area contributed by atoms with Crippen molar-refractivity contribution in [3.05, 3.63) is 59.5 Å². The summed E-state index contributed by atoms with van der Waals surface area (Å²) in [6.07, 6.45) is 2.45. The van der Waals surface area contributed by atoms with Crippen LogP contribution in [0, 0.1) is 6.92 Å². The van der Waals surface area contributed by atoms with E-state index in [-0.39, 0.29) is 0 Å². The largest absolute Gasteiger partial charge is 0.465 e. The van der Waals surface area contributed by atoms with Crippen molar-refractivity contribution in [1.82, 2.24) is 4.90 Å². The van der Waals surface area contributed by atoms with Crippen LogP contribution in [0.3, 0.4) is 0 Å². The van der Waals surface area contributed by atoms with E-state index in [0.29, 0.717) is 0 Å². The Balaban J connectivity index is 1.99. The van der Waals surface area contributed by atoms with Gasteiger partial charge in [0.2, 0.25) is 0 Å². The minimum absolute atomic E-state index is 0.892. The first-order chi connectivity index (χ1) is 9.28. The minimum Gasteiger partial charge on any atom is -0.465 e. The monoisotopic (exact) mass is 257 g/mol. The molecule has 1 heterocycles. The topological polar surface area (TPSA) is 16.4 Å². The number of furan rings is 1. The van der Waals surface area contributed by atoms with Gasteiger partial charge in [-0.3, -0.25) is 4.90 Å². The lowest BCUT2D eigenvalue weighted by Gasteiger charge is -2.21. The molecule has 0 bridgehead atoms. The van der Waals surface area contributed by atoms with Crippen molar-refractivity contribution in [1.29, 1.82) is 0 Å². The first-order valence-electron chi connectivity index (χ1n) is 7.09. The Labute approximate surface area is 116 Å². The zero-order chi connectivity index (χ0) is 13.5. The van der Waals surface area contributed by atoms with Gasteiger partial charge in [0.05, 0.1) is 6.54 Å². The predicted molar refractivity (Wildman–Crippen MR) is 78.9 cm³/mol. The maximum atomic E-state index is 5.69. The molecule has 0 fully saturated rings. The van der Waals surface area contributed by atoms with Crippen LogP contribution in [-0.2, 0) is 13.1 Å². The van der Waals surface area contributed by atoms with Crippen LogP contribution in [0.4, 0.5) is 0 Å². The van der Waals surface area contributed by atoms with Crippen LogP contribution < -0.4 is 0 Å². The molecule has 2 nitrogen and oxygen atoms in total. The van der Waals surface area contributed by atoms with Crippen LogP contribution in [0.1, 0.15) is 36.8 Å². The fourth-order valence-corrected chi connectivity index (χ4v) is 2.23. The molecule has 0 radical (unpaired) electrons. The van der Waals surface area contributed by atoms with E-state index >= 15 is 0 Å². The number of hydrogen-bond acceptors (Lipinski definition) is 2. The Bertz CT molecular complexity index is 475. The molecule has 2 heteroatoms. The molecule has 2 aromatic rings. The fraction of sp³-hybridized carbons (Fsp3) is 0.412. The highest BCUT2D eigenvalue weighted by atomic mass is 16.3. The normalized spacial score (nSPS) is 11.1. The number of hydrogen-bond donors (Lipinski definition) is 0. The van der Waals surface area contributed by atoms with Gasteiger partial charge in [-0.15, -0.1) is 0 Å². The molecule has 0 atom stereocenters. The molecular weight excluding hydrogens is 234 g/mol. The summed E-state index contributed by atoms with van der Waals surface area (Å²) in [5.74, 6) is 2.05. The second-order valence-electron chi connectivity index (χ2n) is 5.06. The molecule has 19 heavy (non-hydrogen) atoms. The molecule has 0 amide bonds. The van der Waals surface area contributed by atoms with Crippen molar-refractivity contribution in [2.45, 2.75) is 39.8 Å². The average molecular weight is 257 g/mol. The van der Waals surface area contributed by atoms with Gasteiger partial charge >= 0.3 is 0 Å². The predicted octanol–water partition coefficient (Wildman–Crippen LogP) is 4.39. The molecule has 1 aromatic carbocycles. The van der Waals surface area contributed by atoms with Crippen molar-refractivity contribution >= 4 is 0 Å². The van der Waals surface area contributed by atoms with Crippen molar-refractivity contribution in [2.24, 2.45) is 0 Å². The number of rotatable bonds is 7. The SMILES string of the molecule is CCCCN(Cc1ccccc1)Cc1ccc(C)o1. The van der Waals surface area contributed by atoms with Crippen LogP contribution in [0.25, 0.3) is 0 Å². The van der Waals surface area contributed by atoms with E-state index in [2.05, 4.69) is 48.2 Å². The van der Waals surface area contributed by atoms with Gasteiger partial charge in [-0.25, -0.2) is 0 Å². The summed E-state index contributed by atoms with van der Waals surface area (Å²) in [7, 11) is 0. The Morgan fingerprint density at radius 3 is 2.42 bits per heavy atom. The molecule has 0 saturated heterocycles. The number of unbranched alkanes of at least 4 members (excludes halogenated alkanes) is 1. The molecule has 0 N–H and O–H groups in total. The van der Waals surface area contributed by atoms with Gasteiger partial charge in [-0.05, 0) is 37.6 Å². The first kappa shape index (κ1) is 13.9. The summed E-state index contributed by atoms with van der Waals surface area (Å²) in [6, 6.07) is 14.8. The average Bonchev–Trinajstić information content (AvgIpc) is 2.82. The van der Waals surface area contributed by atoms with E-state index in [1.54, 1.807) is 0 Å². The van der Waals surface area contributed by atoms with Gasteiger partial charge < -0.3 is 4.42 Å². The summed E-state index contributed by atoms with van der Waals surface area (Å²) in [5, 5.41) is 0. The highest BCUT2D eigenvalue weighted by molar-refractivity contribution is 5.14.